The number of aryl methyl sites for hydroxylation is 2. The Balaban J connectivity index is 2.34. The minimum Gasteiger partial charge on any atom is -0.495 e. The number of ether oxygens (including phenoxy) is 1. The predicted octanol–water partition coefficient (Wildman–Crippen LogP) is 2.45. The van der Waals surface area contributed by atoms with E-state index in [9.17, 15) is 0 Å². The van der Waals surface area contributed by atoms with Crippen LogP contribution in [0.5, 0.6) is 5.75 Å². The molecule has 0 radical (unpaired) electrons. The van der Waals surface area contributed by atoms with Crippen molar-refractivity contribution in [3.05, 3.63) is 58.9 Å². The molecule has 1 heterocycles. The Morgan fingerprint density at radius 1 is 1.25 bits per heavy atom. The van der Waals surface area contributed by atoms with Crippen molar-refractivity contribution in [2.24, 2.45) is 5.84 Å². The molecule has 3 N–H and O–H groups in total. The van der Waals surface area contributed by atoms with Gasteiger partial charge in [0.05, 0.1) is 19.3 Å². The Kier molecular flexibility index (Phi) is 4.71. The molecular formula is C16H21N3O. The molecule has 0 aliphatic carbocycles. The van der Waals surface area contributed by atoms with Crippen LogP contribution in [-0.2, 0) is 6.42 Å². The second kappa shape index (κ2) is 6.50. The third kappa shape index (κ3) is 2.98. The Morgan fingerprint density at radius 2 is 1.95 bits per heavy atom. The van der Waals surface area contributed by atoms with Gasteiger partial charge in [0.2, 0.25) is 0 Å². The van der Waals surface area contributed by atoms with Crippen molar-refractivity contribution in [2.75, 3.05) is 7.11 Å². The highest BCUT2D eigenvalue weighted by molar-refractivity contribution is 5.38. The second-order valence-corrected chi connectivity index (χ2v) is 4.91. The number of pyridine rings is 1. The zero-order valence-corrected chi connectivity index (χ0v) is 12.2. The van der Waals surface area contributed by atoms with Crippen LogP contribution in [0.4, 0.5) is 0 Å². The second-order valence-electron chi connectivity index (χ2n) is 4.91. The van der Waals surface area contributed by atoms with Gasteiger partial charge in [0.15, 0.2) is 0 Å². The summed E-state index contributed by atoms with van der Waals surface area (Å²) in [5, 5.41) is 0. The minimum absolute atomic E-state index is 0.00671. The predicted molar refractivity (Wildman–Crippen MR) is 80.5 cm³/mol. The van der Waals surface area contributed by atoms with Gasteiger partial charge < -0.3 is 4.74 Å². The third-order valence-corrected chi connectivity index (χ3v) is 3.67. The van der Waals surface area contributed by atoms with Crippen LogP contribution in [0.15, 0.2) is 36.7 Å². The van der Waals surface area contributed by atoms with Crippen molar-refractivity contribution in [2.45, 2.75) is 26.3 Å². The van der Waals surface area contributed by atoms with Crippen LogP contribution in [0, 0.1) is 13.8 Å². The molecule has 2 aromatic rings. The number of benzene rings is 1. The fourth-order valence-electron chi connectivity index (χ4n) is 2.48. The number of nitrogens with one attached hydrogen (secondary N) is 1. The maximum absolute atomic E-state index is 5.75. The highest BCUT2D eigenvalue weighted by Gasteiger charge is 2.17. The standard InChI is InChI=1S/C16H21N3O/c1-11-5-4-6-12(2)14(11)9-15(19-17)13-7-8-18-10-16(13)20-3/h4-8,10,15,19H,9,17H2,1-3H3. The number of hydrogen-bond acceptors (Lipinski definition) is 4. The lowest BCUT2D eigenvalue weighted by atomic mass is 9.93. The molecule has 1 unspecified atom stereocenters. The fourth-order valence-corrected chi connectivity index (χ4v) is 2.48. The van der Waals surface area contributed by atoms with E-state index in [0.29, 0.717) is 0 Å². The molecule has 1 aromatic carbocycles. The Bertz CT molecular complexity index is 563. The maximum Gasteiger partial charge on any atom is 0.141 e. The SMILES string of the molecule is COc1cnccc1C(Cc1c(C)cccc1C)NN. The van der Waals surface area contributed by atoms with Crippen molar-refractivity contribution in [3.8, 4) is 5.75 Å². The monoisotopic (exact) mass is 271 g/mol. The average molecular weight is 271 g/mol. The van der Waals surface area contributed by atoms with Gasteiger partial charge in [0.25, 0.3) is 0 Å². The lowest BCUT2D eigenvalue weighted by Crippen LogP contribution is -2.30. The van der Waals surface area contributed by atoms with Crippen LogP contribution in [0.3, 0.4) is 0 Å². The van der Waals surface area contributed by atoms with Gasteiger partial charge >= 0.3 is 0 Å². The average Bonchev–Trinajstić information content (AvgIpc) is 2.47. The summed E-state index contributed by atoms with van der Waals surface area (Å²) < 4.78 is 5.37. The van der Waals surface area contributed by atoms with Gasteiger partial charge in [-0.2, -0.15) is 0 Å². The summed E-state index contributed by atoms with van der Waals surface area (Å²) in [5.74, 6) is 6.50. The molecule has 106 valence electrons. The van der Waals surface area contributed by atoms with Gasteiger partial charge in [-0.15, -0.1) is 0 Å². The van der Waals surface area contributed by atoms with Gasteiger partial charge in [0.1, 0.15) is 5.75 Å². The molecule has 0 saturated carbocycles. The first-order valence-corrected chi connectivity index (χ1v) is 6.66. The van der Waals surface area contributed by atoms with Crippen molar-refractivity contribution in [3.63, 3.8) is 0 Å². The molecule has 0 amide bonds. The molecule has 1 atom stereocenters. The van der Waals surface area contributed by atoms with Crippen LogP contribution >= 0.6 is 0 Å². The summed E-state index contributed by atoms with van der Waals surface area (Å²) in [6, 6.07) is 8.26. The molecule has 2 rings (SSSR count). The molecule has 0 saturated heterocycles. The van der Waals surface area contributed by atoms with Crippen LogP contribution in [0.2, 0.25) is 0 Å². The number of rotatable bonds is 5. The summed E-state index contributed by atoms with van der Waals surface area (Å²) in [4.78, 5) is 4.08. The highest BCUT2D eigenvalue weighted by Crippen LogP contribution is 2.28. The van der Waals surface area contributed by atoms with Crippen molar-refractivity contribution < 1.29 is 4.74 Å². The largest absolute Gasteiger partial charge is 0.495 e. The quantitative estimate of drug-likeness (QED) is 0.648. The molecule has 20 heavy (non-hydrogen) atoms. The number of methoxy groups -OCH3 is 1. The van der Waals surface area contributed by atoms with Crippen molar-refractivity contribution >= 4 is 0 Å². The Morgan fingerprint density at radius 3 is 2.55 bits per heavy atom. The van der Waals surface area contributed by atoms with E-state index in [2.05, 4.69) is 42.5 Å². The van der Waals surface area contributed by atoms with Crippen LogP contribution in [-0.4, -0.2) is 12.1 Å². The first-order chi connectivity index (χ1) is 9.67. The molecule has 0 bridgehead atoms. The van der Waals surface area contributed by atoms with Gasteiger partial charge in [0, 0.05) is 11.8 Å². The zero-order chi connectivity index (χ0) is 14.5. The lowest BCUT2D eigenvalue weighted by Gasteiger charge is -2.21. The first kappa shape index (κ1) is 14.5. The first-order valence-electron chi connectivity index (χ1n) is 6.66. The molecule has 0 spiro atoms. The van der Waals surface area contributed by atoms with Crippen molar-refractivity contribution in [1.29, 1.82) is 0 Å². The maximum atomic E-state index is 5.75. The van der Waals surface area contributed by atoms with E-state index in [-0.39, 0.29) is 6.04 Å². The van der Waals surface area contributed by atoms with E-state index >= 15 is 0 Å². The third-order valence-electron chi connectivity index (χ3n) is 3.67. The zero-order valence-electron chi connectivity index (χ0n) is 12.2. The molecule has 0 aliphatic heterocycles. The summed E-state index contributed by atoms with van der Waals surface area (Å²) in [6.45, 7) is 4.25. The van der Waals surface area contributed by atoms with E-state index in [1.807, 2.05) is 6.07 Å². The normalized spacial score (nSPS) is 12.2. The van der Waals surface area contributed by atoms with Crippen LogP contribution in [0.1, 0.15) is 28.3 Å². The number of nitrogens with two attached hydrogens (primary N) is 1. The minimum atomic E-state index is -0.00671. The van der Waals surface area contributed by atoms with E-state index < -0.39 is 0 Å². The molecule has 0 fully saturated rings. The Labute approximate surface area is 120 Å². The van der Waals surface area contributed by atoms with Crippen LogP contribution in [0.25, 0.3) is 0 Å². The molecule has 4 nitrogen and oxygen atoms in total. The summed E-state index contributed by atoms with van der Waals surface area (Å²) in [5.41, 5.74) is 7.78. The molecule has 4 heteroatoms. The number of aromatic nitrogens is 1. The summed E-state index contributed by atoms with van der Waals surface area (Å²) in [7, 11) is 1.65. The Hall–Kier alpha value is -1.91. The number of nitrogens with zero attached hydrogens (tertiary/aromatic N) is 1. The number of hydrazine groups is 1. The van der Waals surface area contributed by atoms with Gasteiger partial charge in [-0.25, -0.2) is 0 Å². The van der Waals surface area contributed by atoms with Crippen LogP contribution < -0.4 is 16.0 Å². The fraction of sp³-hybridized carbons (Fsp3) is 0.312. The topological polar surface area (TPSA) is 60.2 Å². The summed E-state index contributed by atoms with van der Waals surface area (Å²) >= 11 is 0. The summed E-state index contributed by atoms with van der Waals surface area (Å²) in [6.07, 6.45) is 4.28. The van der Waals surface area contributed by atoms with E-state index in [4.69, 9.17) is 10.6 Å². The van der Waals surface area contributed by atoms with E-state index in [0.717, 1.165) is 17.7 Å². The van der Waals surface area contributed by atoms with Gasteiger partial charge in [-0.05, 0) is 43.0 Å². The van der Waals surface area contributed by atoms with Gasteiger partial charge in [-0.3, -0.25) is 16.3 Å². The molecule has 1 aromatic heterocycles. The van der Waals surface area contributed by atoms with Crippen molar-refractivity contribution in [1.82, 2.24) is 10.4 Å². The lowest BCUT2D eigenvalue weighted by molar-refractivity contribution is 0.397. The van der Waals surface area contributed by atoms with E-state index in [1.165, 1.54) is 16.7 Å². The molecular weight excluding hydrogens is 250 g/mol. The van der Waals surface area contributed by atoms with E-state index in [1.54, 1.807) is 19.5 Å². The number of hydrogen-bond donors (Lipinski definition) is 2. The highest BCUT2D eigenvalue weighted by atomic mass is 16.5. The van der Waals surface area contributed by atoms with Gasteiger partial charge in [-0.1, -0.05) is 18.2 Å². The smallest absolute Gasteiger partial charge is 0.141 e. The molecule has 0 aliphatic rings.